The summed E-state index contributed by atoms with van der Waals surface area (Å²) in [5, 5.41) is 5.50. The summed E-state index contributed by atoms with van der Waals surface area (Å²) in [5.41, 5.74) is 0.837. The van der Waals surface area contributed by atoms with Crippen LogP contribution in [0.25, 0.3) is 0 Å². The molecule has 0 aliphatic carbocycles. The Balaban J connectivity index is 1.96. The lowest BCUT2D eigenvalue weighted by atomic mass is 9.80. The molecule has 2 heterocycles. The van der Waals surface area contributed by atoms with E-state index < -0.39 is 0 Å². The van der Waals surface area contributed by atoms with Crippen molar-refractivity contribution in [3.63, 3.8) is 0 Å². The molecule has 1 fully saturated rings. The van der Waals surface area contributed by atoms with Crippen molar-refractivity contribution in [2.24, 2.45) is 0 Å². The first-order valence-corrected chi connectivity index (χ1v) is 8.12. The summed E-state index contributed by atoms with van der Waals surface area (Å²) in [6.07, 6.45) is 1.06. The van der Waals surface area contributed by atoms with E-state index >= 15 is 0 Å². The van der Waals surface area contributed by atoms with E-state index in [1.54, 1.807) is 23.5 Å². The Morgan fingerprint density at radius 3 is 2.84 bits per heavy atom. The van der Waals surface area contributed by atoms with Gasteiger partial charge in [0, 0.05) is 33.1 Å². The Kier molecular flexibility index (Phi) is 4.01. The van der Waals surface area contributed by atoms with Crippen LogP contribution in [-0.2, 0) is 0 Å². The topological polar surface area (TPSA) is 12.0 Å². The Bertz CT molecular complexity index is 569. The van der Waals surface area contributed by atoms with Crippen molar-refractivity contribution in [2.45, 2.75) is 18.3 Å². The third-order valence-corrected chi connectivity index (χ3v) is 5.57. The Morgan fingerprint density at radius 1 is 1.26 bits per heavy atom. The molecule has 2 atom stereocenters. The summed E-state index contributed by atoms with van der Waals surface area (Å²) in [6.45, 7) is 1.85. The fraction of sp³-hybridized carbons (Fsp3) is 0.333. The third kappa shape index (κ3) is 2.76. The van der Waals surface area contributed by atoms with E-state index in [-0.39, 0.29) is 11.7 Å². The van der Waals surface area contributed by atoms with Gasteiger partial charge >= 0.3 is 0 Å². The van der Waals surface area contributed by atoms with E-state index in [9.17, 15) is 4.39 Å². The average Bonchev–Trinajstić information content (AvgIpc) is 2.86. The van der Waals surface area contributed by atoms with Gasteiger partial charge in [-0.15, -0.1) is 11.3 Å². The minimum atomic E-state index is -0.0863. The van der Waals surface area contributed by atoms with Crippen LogP contribution < -0.4 is 5.32 Å². The first-order valence-electron chi connectivity index (χ1n) is 6.45. The van der Waals surface area contributed by atoms with Gasteiger partial charge in [-0.1, -0.05) is 18.2 Å². The lowest BCUT2D eigenvalue weighted by Gasteiger charge is -2.32. The Labute approximate surface area is 125 Å². The standard InChI is InChI=1S/C15H15BrFNS/c16-10-7-15(19-9-10)12-5-6-18-8-13(12)11-3-1-2-4-14(11)17/h1-4,7,9,12-13,18H,5-6,8H2. The third-order valence-electron chi connectivity index (χ3n) is 3.74. The second-order valence-corrected chi connectivity index (χ2v) is 6.75. The lowest BCUT2D eigenvalue weighted by Crippen LogP contribution is -2.34. The van der Waals surface area contributed by atoms with Gasteiger partial charge in [0.2, 0.25) is 0 Å². The summed E-state index contributed by atoms with van der Waals surface area (Å²) in [6, 6.07) is 9.34. The summed E-state index contributed by atoms with van der Waals surface area (Å²) in [7, 11) is 0. The SMILES string of the molecule is Fc1ccccc1C1CNCCC1c1cc(Br)cs1. The second-order valence-electron chi connectivity index (χ2n) is 4.89. The summed E-state index contributed by atoms with van der Waals surface area (Å²) in [4.78, 5) is 1.35. The van der Waals surface area contributed by atoms with Crippen LogP contribution in [0.2, 0.25) is 0 Å². The van der Waals surface area contributed by atoms with E-state index in [0.717, 1.165) is 29.5 Å². The van der Waals surface area contributed by atoms with E-state index in [0.29, 0.717) is 5.92 Å². The largest absolute Gasteiger partial charge is 0.316 e. The van der Waals surface area contributed by atoms with Gasteiger partial charge in [-0.2, -0.15) is 0 Å². The van der Waals surface area contributed by atoms with Gasteiger partial charge in [0.1, 0.15) is 5.82 Å². The van der Waals surface area contributed by atoms with Crippen LogP contribution in [0.15, 0.2) is 40.2 Å². The van der Waals surface area contributed by atoms with Crippen LogP contribution in [0, 0.1) is 5.82 Å². The van der Waals surface area contributed by atoms with Crippen LogP contribution in [0.1, 0.15) is 28.7 Å². The molecule has 4 heteroatoms. The second kappa shape index (κ2) is 5.73. The maximum absolute atomic E-state index is 14.0. The predicted octanol–water partition coefficient (Wildman–Crippen LogP) is 4.51. The highest BCUT2D eigenvalue weighted by molar-refractivity contribution is 9.10. The van der Waals surface area contributed by atoms with Crippen molar-refractivity contribution >= 4 is 27.3 Å². The van der Waals surface area contributed by atoms with E-state index in [4.69, 9.17) is 0 Å². The van der Waals surface area contributed by atoms with Crippen molar-refractivity contribution in [1.82, 2.24) is 5.32 Å². The highest BCUT2D eigenvalue weighted by atomic mass is 79.9. The molecule has 19 heavy (non-hydrogen) atoms. The van der Waals surface area contributed by atoms with Crippen LogP contribution in [-0.4, -0.2) is 13.1 Å². The molecule has 1 aromatic carbocycles. The fourth-order valence-electron chi connectivity index (χ4n) is 2.82. The number of thiophene rings is 1. The average molecular weight is 340 g/mol. The summed E-state index contributed by atoms with van der Waals surface area (Å²) < 4.78 is 15.2. The first-order chi connectivity index (χ1) is 9.25. The van der Waals surface area contributed by atoms with Gasteiger partial charge in [-0.05, 0) is 46.6 Å². The smallest absolute Gasteiger partial charge is 0.126 e. The highest BCUT2D eigenvalue weighted by Gasteiger charge is 2.30. The van der Waals surface area contributed by atoms with Crippen molar-refractivity contribution in [2.75, 3.05) is 13.1 Å². The summed E-state index contributed by atoms with van der Waals surface area (Å²) >= 11 is 5.27. The van der Waals surface area contributed by atoms with Crippen LogP contribution in [0.3, 0.4) is 0 Å². The molecular formula is C15H15BrFNS. The number of hydrogen-bond acceptors (Lipinski definition) is 2. The summed E-state index contributed by atoms with van der Waals surface area (Å²) in [5.74, 6) is 0.548. The fourth-order valence-corrected chi connectivity index (χ4v) is 4.47. The zero-order valence-corrected chi connectivity index (χ0v) is 12.8. The minimum absolute atomic E-state index is 0.0863. The highest BCUT2D eigenvalue weighted by Crippen LogP contribution is 2.41. The monoisotopic (exact) mass is 339 g/mol. The number of hydrogen-bond donors (Lipinski definition) is 1. The van der Waals surface area contributed by atoms with Gasteiger partial charge in [0.25, 0.3) is 0 Å². The molecule has 0 amide bonds. The van der Waals surface area contributed by atoms with Gasteiger partial charge in [0.15, 0.2) is 0 Å². The molecule has 1 aliphatic rings. The maximum atomic E-state index is 14.0. The molecule has 1 nitrogen and oxygen atoms in total. The molecule has 0 radical (unpaired) electrons. The van der Waals surface area contributed by atoms with Crippen molar-refractivity contribution in [1.29, 1.82) is 0 Å². The number of halogens is 2. The minimum Gasteiger partial charge on any atom is -0.316 e. The van der Waals surface area contributed by atoms with Gasteiger partial charge in [0.05, 0.1) is 0 Å². The van der Waals surface area contributed by atoms with Crippen molar-refractivity contribution in [3.8, 4) is 0 Å². The molecule has 1 aromatic heterocycles. The number of piperidine rings is 1. The van der Waals surface area contributed by atoms with Gasteiger partial charge in [-0.25, -0.2) is 4.39 Å². The zero-order valence-electron chi connectivity index (χ0n) is 10.4. The van der Waals surface area contributed by atoms with Crippen molar-refractivity contribution < 1.29 is 4.39 Å². The van der Waals surface area contributed by atoms with Crippen molar-refractivity contribution in [3.05, 3.63) is 56.4 Å². The lowest BCUT2D eigenvalue weighted by molar-refractivity contribution is 0.397. The Hall–Kier alpha value is -0.710. The van der Waals surface area contributed by atoms with Crippen LogP contribution in [0.5, 0.6) is 0 Å². The molecule has 0 saturated carbocycles. The number of rotatable bonds is 2. The van der Waals surface area contributed by atoms with E-state index in [1.165, 1.54) is 4.88 Å². The van der Waals surface area contributed by atoms with E-state index in [1.807, 2.05) is 12.1 Å². The molecule has 100 valence electrons. The van der Waals surface area contributed by atoms with Crippen LogP contribution in [0.4, 0.5) is 4.39 Å². The Morgan fingerprint density at radius 2 is 2.11 bits per heavy atom. The molecule has 0 bridgehead atoms. The molecule has 1 saturated heterocycles. The van der Waals surface area contributed by atoms with Gasteiger partial charge < -0.3 is 5.32 Å². The molecule has 1 N–H and O–H groups in total. The normalized spacial score (nSPS) is 23.5. The maximum Gasteiger partial charge on any atom is 0.126 e. The molecule has 3 rings (SSSR count). The molecule has 0 spiro atoms. The molecule has 1 aliphatic heterocycles. The van der Waals surface area contributed by atoms with Crippen LogP contribution >= 0.6 is 27.3 Å². The zero-order chi connectivity index (χ0) is 13.2. The molecule has 2 aromatic rings. The molecular weight excluding hydrogens is 325 g/mol. The predicted molar refractivity (Wildman–Crippen MR) is 81.4 cm³/mol. The molecule has 2 unspecified atom stereocenters. The van der Waals surface area contributed by atoms with Gasteiger partial charge in [-0.3, -0.25) is 0 Å². The number of benzene rings is 1. The first kappa shape index (κ1) is 13.3. The number of nitrogens with one attached hydrogen (secondary N) is 1. The van der Waals surface area contributed by atoms with E-state index in [2.05, 4.69) is 32.7 Å². The quantitative estimate of drug-likeness (QED) is 0.848.